The van der Waals surface area contributed by atoms with E-state index in [1.54, 1.807) is 11.8 Å². The van der Waals surface area contributed by atoms with E-state index in [1.165, 1.54) is 16.0 Å². The Bertz CT molecular complexity index is 746. The molecule has 0 bridgehead atoms. The highest BCUT2D eigenvalue weighted by molar-refractivity contribution is 8.00. The van der Waals surface area contributed by atoms with Crippen molar-refractivity contribution in [2.45, 2.75) is 63.2 Å². The summed E-state index contributed by atoms with van der Waals surface area (Å²) in [6, 6.07) is 18.3. The van der Waals surface area contributed by atoms with Gasteiger partial charge in [0.2, 0.25) is 0 Å². The highest BCUT2D eigenvalue weighted by atomic mass is 32.2. The molecule has 2 rings (SSSR count). The number of ether oxygens (including phenoxy) is 1. The van der Waals surface area contributed by atoms with Gasteiger partial charge in [-0.15, -0.1) is 11.8 Å². The van der Waals surface area contributed by atoms with Crippen LogP contribution in [0.15, 0.2) is 71.1 Å². The Morgan fingerprint density at radius 3 is 2.26 bits per heavy atom. The molecule has 2 aromatic rings. The molecule has 0 saturated carbocycles. The lowest BCUT2D eigenvalue weighted by Crippen LogP contribution is -2.28. The predicted molar refractivity (Wildman–Crippen MR) is 115 cm³/mol. The third-order valence-electron chi connectivity index (χ3n) is 4.55. The molecular formula is C24H30O2S. The number of carbonyl (C=O) groups is 1. The third kappa shape index (κ3) is 6.91. The fourth-order valence-electron chi connectivity index (χ4n) is 2.72. The van der Waals surface area contributed by atoms with Gasteiger partial charge in [0.1, 0.15) is 6.10 Å². The van der Waals surface area contributed by atoms with Crippen molar-refractivity contribution < 1.29 is 9.53 Å². The number of allylic oxidation sites excluding steroid dienone is 2. The molecular weight excluding hydrogens is 352 g/mol. The van der Waals surface area contributed by atoms with Crippen LogP contribution >= 0.6 is 11.8 Å². The second-order valence-corrected chi connectivity index (χ2v) is 8.57. The molecule has 0 amide bonds. The number of hydrogen-bond acceptors (Lipinski definition) is 3. The Morgan fingerprint density at radius 1 is 1.04 bits per heavy atom. The van der Waals surface area contributed by atoms with Crippen molar-refractivity contribution in [3.8, 4) is 0 Å². The van der Waals surface area contributed by atoms with Gasteiger partial charge in [0.05, 0.1) is 5.92 Å². The molecule has 0 aliphatic rings. The van der Waals surface area contributed by atoms with Crippen LogP contribution in [0.2, 0.25) is 0 Å². The molecule has 0 heterocycles. The lowest BCUT2D eigenvalue weighted by molar-refractivity contribution is -0.149. The van der Waals surface area contributed by atoms with Crippen LogP contribution in [0.4, 0.5) is 0 Å². The van der Waals surface area contributed by atoms with Gasteiger partial charge in [0.15, 0.2) is 0 Å². The van der Waals surface area contributed by atoms with E-state index in [0.717, 1.165) is 12.0 Å². The van der Waals surface area contributed by atoms with Crippen molar-refractivity contribution >= 4 is 17.7 Å². The fourth-order valence-corrected chi connectivity index (χ4v) is 3.80. The monoisotopic (exact) mass is 382 g/mol. The number of benzene rings is 2. The summed E-state index contributed by atoms with van der Waals surface area (Å²) in [4.78, 5) is 13.8. The van der Waals surface area contributed by atoms with Crippen molar-refractivity contribution in [2.24, 2.45) is 0 Å². The van der Waals surface area contributed by atoms with Gasteiger partial charge in [-0.2, -0.15) is 0 Å². The van der Waals surface area contributed by atoms with Gasteiger partial charge < -0.3 is 4.74 Å². The lowest BCUT2D eigenvalue weighted by atomic mass is 10.0. The van der Waals surface area contributed by atoms with E-state index < -0.39 is 0 Å². The van der Waals surface area contributed by atoms with Crippen LogP contribution in [-0.4, -0.2) is 17.3 Å². The normalized spacial score (nSPS) is 14.1. The minimum Gasteiger partial charge on any atom is -0.461 e. The molecule has 3 heteroatoms. The van der Waals surface area contributed by atoms with Crippen LogP contribution in [-0.2, 0) is 9.53 Å². The summed E-state index contributed by atoms with van der Waals surface area (Å²) in [7, 11) is 0. The van der Waals surface area contributed by atoms with Gasteiger partial charge >= 0.3 is 5.97 Å². The van der Waals surface area contributed by atoms with E-state index in [1.807, 2.05) is 44.2 Å². The maximum absolute atomic E-state index is 12.6. The molecule has 0 fully saturated rings. The fraction of sp³-hybridized carbons (Fsp3) is 0.375. The van der Waals surface area contributed by atoms with Gasteiger partial charge in [0.25, 0.3) is 0 Å². The molecule has 0 N–H and O–H groups in total. The van der Waals surface area contributed by atoms with Crippen LogP contribution < -0.4 is 0 Å². The van der Waals surface area contributed by atoms with Crippen LogP contribution in [0.3, 0.4) is 0 Å². The summed E-state index contributed by atoms with van der Waals surface area (Å²) in [6.45, 7) is 10.2. The molecule has 0 aromatic heterocycles. The Hall–Kier alpha value is -2.00. The van der Waals surface area contributed by atoms with Crippen molar-refractivity contribution in [1.82, 2.24) is 0 Å². The smallest absolute Gasteiger partial charge is 0.313 e. The summed E-state index contributed by atoms with van der Waals surface area (Å²) < 4.78 is 5.87. The molecule has 0 aliphatic heterocycles. The van der Waals surface area contributed by atoms with E-state index in [0.29, 0.717) is 0 Å². The predicted octanol–water partition coefficient (Wildman–Crippen LogP) is 6.55. The second-order valence-electron chi connectivity index (χ2n) is 7.26. The van der Waals surface area contributed by atoms with Gasteiger partial charge in [-0.25, -0.2) is 0 Å². The molecule has 0 radical (unpaired) electrons. The van der Waals surface area contributed by atoms with Crippen molar-refractivity contribution in [2.75, 3.05) is 0 Å². The molecule has 0 unspecified atom stereocenters. The zero-order valence-corrected chi connectivity index (χ0v) is 17.8. The van der Waals surface area contributed by atoms with E-state index >= 15 is 0 Å². The van der Waals surface area contributed by atoms with Gasteiger partial charge in [-0.1, -0.05) is 59.7 Å². The molecule has 2 aromatic carbocycles. The summed E-state index contributed by atoms with van der Waals surface area (Å²) >= 11 is 1.78. The minimum absolute atomic E-state index is 0.166. The molecule has 3 atom stereocenters. The molecule has 0 aliphatic carbocycles. The summed E-state index contributed by atoms with van der Waals surface area (Å²) in [5.41, 5.74) is 3.51. The summed E-state index contributed by atoms with van der Waals surface area (Å²) in [5, 5.41) is 0.175. The van der Waals surface area contributed by atoms with Gasteiger partial charge in [0, 0.05) is 10.1 Å². The maximum Gasteiger partial charge on any atom is 0.313 e. The lowest BCUT2D eigenvalue weighted by Gasteiger charge is -2.24. The quantitative estimate of drug-likeness (QED) is 0.294. The molecule has 0 saturated heterocycles. The van der Waals surface area contributed by atoms with Crippen LogP contribution in [0, 0.1) is 6.92 Å². The van der Waals surface area contributed by atoms with Crippen molar-refractivity contribution in [3.63, 3.8) is 0 Å². The Morgan fingerprint density at radius 2 is 1.67 bits per heavy atom. The first-order valence-corrected chi connectivity index (χ1v) is 10.4. The first kappa shape index (κ1) is 21.3. The standard InChI is InChI=1S/C24H30O2S/c1-17(2)11-16-23(27-22-14-12-18(3)13-15-22)20(5)26-24(25)19(4)21-9-7-6-8-10-21/h6-15,19-20,23H,16H2,1-5H3/t19-,20-,23-/m0/s1. The first-order chi connectivity index (χ1) is 12.9. The number of carbonyl (C=O) groups excluding carboxylic acids is 1. The van der Waals surface area contributed by atoms with Crippen LogP contribution in [0.5, 0.6) is 0 Å². The van der Waals surface area contributed by atoms with E-state index in [-0.39, 0.29) is 23.2 Å². The molecule has 144 valence electrons. The molecule has 2 nitrogen and oxygen atoms in total. The van der Waals surface area contributed by atoms with E-state index in [4.69, 9.17) is 4.74 Å². The Labute approximate surface area is 168 Å². The maximum atomic E-state index is 12.6. The zero-order valence-electron chi connectivity index (χ0n) is 16.9. The largest absolute Gasteiger partial charge is 0.461 e. The molecule has 27 heavy (non-hydrogen) atoms. The zero-order chi connectivity index (χ0) is 19.8. The highest BCUT2D eigenvalue weighted by Gasteiger charge is 2.25. The van der Waals surface area contributed by atoms with Gasteiger partial charge in [-0.3, -0.25) is 4.79 Å². The molecule has 0 spiro atoms. The Balaban J connectivity index is 2.07. The van der Waals surface area contributed by atoms with Crippen LogP contribution in [0.25, 0.3) is 0 Å². The van der Waals surface area contributed by atoms with E-state index in [2.05, 4.69) is 51.1 Å². The SMILES string of the molecule is CC(C)=CC[C@H](Sc1ccc(C)cc1)[C@H](C)OC(=O)[C@@H](C)c1ccccc1. The Kier molecular flexibility index (Phi) is 8.18. The number of rotatable bonds is 8. The summed E-state index contributed by atoms with van der Waals surface area (Å²) in [5.74, 6) is -0.428. The highest BCUT2D eigenvalue weighted by Crippen LogP contribution is 2.31. The average Bonchev–Trinajstić information content (AvgIpc) is 2.66. The average molecular weight is 383 g/mol. The minimum atomic E-state index is -0.262. The second kappa shape index (κ2) is 10.4. The first-order valence-electron chi connectivity index (χ1n) is 9.49. The van der Waals surface area contributed by atoms with Crippen molar-refractivity contribution in [1.29, 1.82) is 0 Å². The number of hydrogen-bond donors (Lipinski definition) is 0. The number of aryl methyl sites for hydroxylation is 1. The number of thioether (sulfide) groups is 1. The summed E-state index contributed by atoms with van der Waals surface area (Å²) in [6.07, 6.45) is 2.91. The number of esters is 1. The van der Waals surface area contributed by atoms with E-state index in [9.17, 15) is 4.79 Å². The van der Waals surface area contributed by atoms with Crippen LogP contribution in [0.1, 0.15) is 51.2 Å². The van der Waals surface area contributed by atoms with Gasteiger partial charge in [-0.05, 0) is 58.7 Å². The van der Waals surface area contributed by atoms with Crippen molar-refractivity contribution in [3.05, 3.63) is 77.4 Å². The third-order valence-corrected chi connectivity index (χ3v) is 5.97. The topological polar surface area (TPSA) is 26.3 Å².